The average molecular weight is 345 g/mol. The molecule has 0 fully saturated rings. The van der Waals surface area contributed by atoms with Crippen LogP contribution in [0.15, 0.2) is 29.4 Å². The van der Waals surface area contributed by atoms with Gasteiger partial charge in [0.15, 0.2) is 5.03 Å². The van der Waals surface area contributed by atoms with Gasteiger partial charge in [0, 0.05) is 26.7 Å². The normalized spacial score (nSPS) is 15.1. The largest absolute Gasteiger partial charge is 0.371 e. The fraction of sp³-hybridized carbons (Fsp3) is 0.308. The second kappa shape index (κ2) is 5.13. The molecule has 2 aromatic rings. The standard InChI is InChI=1S/C13H14ClFN4O2S/c1-17-5-6-19(12-7-9(15)3-4-11(12)17)22(20,21)13-10(14)8-16-18(13)2/h3-4,7-8H,5-6H2,1-2H3. The highest BCUT2D eigenvalue weighted by atomic mass is 35.5. The minimum absolute atomic E-state index is 0.0411. The molecule has 0 aliphatic carbocycles. The van der Waals surface area contributed by atoms with Gasteiger partial charge in [-0.1, -0.05) is 11.6 Å². The van der Waals surface area contributed by atoms with Crippen LogP contribution in [0.3, 0.4) is 0 Å². The number of aryl methyl sites for hydroxylation is 1. The summed E-state index contributed by atoms with van der Waals surface area (Å²) in [5, 5.41) is 3.80. The van der Waals surface area contributed by atoms with Crippen molar-refractivity contribution in [1.29, 1.82) is 0 Å². The number of anilines is 2. The topological polar surface area (TPSA) is 58.4 Å². The summed E-state index contributed by atoms with van der Waals surface area (Å²) < 4.78 is 41.8. The first-order chi connectivity index (χ1) is 10.3. The zero-order chi connectivity index (χ0) is 16.1. The molecule has 0 saturated carbocycles. The van der Waals surface area contributed by atoms with Crippen LogP contribution in [0.4, 0.5) is 15.8 Å². The monoisotopic (exact) mass is 344 g/mol. The Morgan fingerprint density at radius 1 is 1.23 bits per heavy atom. The number of sulfonamides is 1. The first-order valence-electron chi connectivity index (χ1n) is 6.53. The van der Waals surface area contributed by atoms with Crippen molar-refractivity contribution >= 4 is 33.0 Å². The van der Waals surface area contributed by atoms with Gasteiger partial charge in [0.2, 0.25) is 0 Å². The van der Waals surface area contributed by atoms with E-state index in [0.717, 1.165) is 0 Å². The average Bonchev–Trinajstić information content (AvgIpc) is 2.78. The fourth-order valence-corrected chi connectivity index (χ4v) is 4.62. The van der Waals surface area contributed by atoms with E-state index in [2.05, 4.69) is 5.10 Å². The van der Waals surface area contributed by atoms with Gasteiger partial charge in [-0.25, -0.2) is 4.39 Å². The summed E-state index contributed by atoms with van der Waals surface area (Å²) >= 11 is 5.96. The molecule has 0 radical (unpaired) electrons. The van der Waals surface area contributed by atoms with Crippen LogP contribution < -0.4 is 9.21 Å². The first kappa shape index (κ1) is 15.1. The third-order valence-electron chi connectivity index (χ3n) is 3.63. The number of hydrogen-bond acceptors (Lipinski definition) is 4. The van der Waals surface area contributed by atoms with Gasteiger partial charge in [-0.05, 0) is 12.1 Å². The second-order valence-electron chi connectivity index (χ2n) is 5.05. The number of benzene rings is 1. The Balaban J connectivity index is 2.18. The predicted octanol–water partition coefficient (Wildman–Crippen LogP) is 1.86. The van der Waals surface area contributed by atoms with Crippen LogP contribution in [-0.2, 0) is 17.1 Å². The molecule has 0 unspecified atom stereocenters. The molecule has 3 rings (SSSR count). The van der Waals surface area contributed by atoms with Crippen molar-refractivity contribution in [3.63, 3.8) is 0 Å². The molecule has 1 aliphatic heterocycles. The van der Waals surface area contributed by atoms with Crippen molar-refractivity contribution in [2.75, 3.05) is 29.3 Å². The lowest BCUT2D eigenvalue weighted by Gasteiger charge is -2.36. The van der Waals surface area contributed by atoms with E-state index in [9.17, 15) is 12.8 Å². The molecule has 9 heteroatoms. The SMILES string of the molecule is CN1CCN(S(=O)(=O)c2c(Cl)cnn2C)c2cc(F)ccc21. The molecule has 0 spiro atoms. The van der Waals surface area contributed by atoms with Crippen molar-refractivity contribution in [3.8, 4) is 0 Å². The highest BCUT2D eigenvalue weighted by Gasteiger charge is 2.34. The Morgan fingerprint density at radius 3 is 2.59 bits per heavy atom. The lowest BCUT2D eigenvalue weighted by molar-refractivity contribution is 0.570. The zero-order valence-corrected chi connectivity index (χ0v) is 13.6. The molecule has 118 valence electrons. The van der Waals surface area contributed by atoms with Crippen LogP contribution in [0.5, 0.6) is 0 Å². The van der Waals surface area contributed by atoms with E-state index in [1.807, 2.05) is 11.9 Å². The van der Waals surface area contributed by atoms with Crippen molar-refractivity contribution in [3.05, 3.63) is 35.2 Å². The third-order valence-corrected chi connectivity index (χ3v) is 5.95. The van der Waals surface area contributed by atoms with Crippen molar-refractivity contribution in [1.82, 2.24) is 9.78 Å². The summed E-state index contributed by atoms with van der Waals surface area (Å²) in [6.45, 7) is 0.699. The highest BCUT2D eigenvalue weighted by molar-refractivity contribution is 7.92. The number of halogens is 2. The summed E-state index contributed by atoms with van der Waals surface area (Å²) in [7, 11) is -0.593. The maximum absolute atomic E-state index is 13.6. The lowest BCUT2D eigenvalue weighted by Crippen LogP contribution is -2.43. The van der Waals surface area contributed by atoms with Crippen molar-refractivity contribution in [2.24, 2.45) is 7.05 Å². The van der Waals surface area contributed by atoms with Gasteiger partial charge in [-0.15, -0.1) is 0 Å². The number of fused-ring (bicyclic) bond motifs is 1. The van der Waals surface area contributed by atoms with Gasteiger partial charge in [0.25, 0.3) is 10.0 Å². The first-order valence-corrected chi connectivity index (χ1v) is 8.35. The Hall–Kier alpha value is -1.80. The highest BCUT2D eigenvalue weighted by Crippen LogP contribution is 2.37. The summed E-state index contributed by atoms with van der Waals surface area (Å²) in [6.07, 6.45) is 1.27. The van der Waals surface area contributed by atoms with E-state index in [1.165, 1.54) is 34.4 Å². The molecule has 1 aromatic carbocycles. The van der Waals surface area contributed by atoms with E-state index < -0.39 is 15.8 Å². The molecule has 22 heavy (non-hydrogen) atoms. The van der Waals surface area contributed by atoms with Crippen LogP contribution in [0, 0.1) is 5.82 Å². The number of rotatable bonds is 2. The van der Waals surface area contributed by atoms with Gasteiger partial charge < -0.3 is 4.90 Å². The molecule has 6 nitrogen and oxygen atoms in total. The molecule has 0 bridgehead atoms. The molecule has 0 saturated heterocycles. The summed E-state index contributed by atoms with van der Waals surface area (Å²) in [4.78, 5) is 1.88. The van der Waals surface area contributed by atoms with Crippen molar-refractivity contribution in [2.45, 2.75) is 5.03 Å². The maximum atomic E-state index is 13.6. The van der Waals surface area contributed by atoms with Crippen LogP contribution in [0.25, 0.3) is 0 Å². The fourth-order valence-electron chi connectivity index (χ4n) is 2.54. The lowest BCUT2D eigenvalue weighted by atomic mass is 10.2. The van der Waals surface area contributed by atoms with Gasteiger partial charge >= 0.3 is 0 Å². The molecular weight excluding hydrogens is 331 g/mol. The summed E-state index contributed by atoms with van der Waals surface area (Å²) in [6, 6.07) is 4.09. The quantitative estimate of drug-likeness (QED) is 0.834. The number of nitrogens with zero attached hydrogens (tertiary/aromatic N) is 4. The summed E-state index contributed by atoms with van der Waals surface area (Å²) in [5.74, 6) is -0.495. The zero-order valence-electron chi connectivity index (χ0n) is 12.0. The molecular formula is C13H14ClFN4O2S. The minimum Gasteiger partial charge on any atom is -0.371 e. The van der Waals surface area contributed by atoms with E-state index in [-0.39, 0.29) is 16.6 Å². The van der Waals surface area contributed by atoms with E-state index in [4.69, 9.17) is 11.6 Å². The Kier molecular flexibility index (Phi) is 3.53. The van der Waals surface area contributed by atoms with Crippen LogP contribution in [0.2, 0.25) is 5.02 Å². The molecule has 1 aliphatic rings. The van der Waals surface area contributed by atoms with Gasteiger partial charge in [0.05, 0.1) is 29.1 Å². The molecule has 0 N–H and O–H groups in total. The molecule has 1 aromatic heterocycles. The van der Waals surface area contributed by atoms with Gasteiger partial charge in [0.1, 0.15) is 5.82 Å². The van der Waals surface area contributed by atoms with Crippen LogP contribution in [0.1, 0.15) is 0 Å². The number of hydrogen-bond donors (Lipinski definition) is 0. The second-order valence-corrected chi connectivity index (χ2v) is 7.24. The molecule has 0 amide bonds. The predicted molar refractivity (Wildman–Crippen MR) is 82.4 cm³/mol. The van der Waals surface area contributed by atoms with E-state index in [1.54, 1.807) is 6.07 Å². The maximum Gasteiger partial charge on any atom is 0.283 e. The molecule has 2 heterocycles. The minimum atomic E-state index is -3.93. The van der Waals surface area contributed by atoms with Crippen LogP contribution >= 0.6 is 11.6 Å². The Bertz CT molecular complexity index is 817. The third kappa shape index (κ3) is 2.22. The Morgan fingerprint density at radius 2 is 1.95 bits per heavy atom. The summed E-state index contributed by atoms with van der Waals surface area (Å²) in [5.41, 5.74) is 0.945. The smallest absolute Gasteiger partial charge is 0.283 e. The number of likely N-dealkylation sites (N-methyl/N-ethyl adjacent to an activating group) is 1. The van der Waals surface area contributed by atoms with E-state index >= 15 is 0 Å². The van der Waals surface area contributed by atoms with Gasteiger partial charge in [-0.2, -0.15) is 13.5 Å². The number of aromatic nitrogens is 2. The van der Waals surface area contributed by atoms with Gasteiger partial charge in [-0.3, -0.25) is 8.99 Å². The van der Waals surface area contributed by atoms with E-state index in [0.29, 0.717) is 17.9 Å². The molecule has 0 atom stereocenters. The van der Waals surface area contributed by atoms with Crippen molar-refractivity contribution < 1.29 is 12.8 Å². The van der Waals surface area contributed by atoms with Crippen LogP contribution in [-0.4, -0.2) is 38.3 Å². The Labute approximate surface area is 132 Å².